The molecule has 130 valence electrons. The van der Waals surface area contributed by atoms with Crippen LogP contribution in [-0.2, 0) is 20.9 Å². The highest BCUT2D eigenvalue weighted by Gasteiger charge is 2.39. The number of aromatic nitrogens is 1. The third-order valence-corrected chi connectivity index (χ3v) is 4.35. The molecule has 0 bridgehead atoms. The fraction of sp³-hybridized carbons (Fsp3) is 0.316. The third-order valence-electron chi connectivity index (χ3n) is 4.35. The number of aryl methyl sites for hydroxylation is 1. The molecule has 1 saturated heterocycles. The largest absolute Gasteiger partial charge is 0.356 e. The van der Waals surface area contributed by atoms with Crippen molar-refractivity contribution in [3.05, 3.63) is 65.5 Å². The van der Waals surface area contributed by atoms with Crippen molar-refractivity contribution in [1.82, 2.24) is 15.2 Å². The van der Waals surface area contributed by atoms with Gasteiger partial charge in [-0.15, -0.1) is 0 Å². The molecule has 1 aromatic heterocycles. The second-order valence-electron chi connectivity index (χ2n) is 6.17. The van der Waals surface area contributed by atoms with Gasteiger partial charge in [-0.25, -0.2) is 0 Å². The molecule has 1 fully saturated rings. The molecule has 2 amide bonds. The van der Waals surface area contributed by atoms with E-state index >= 15 is 0 Å². The van der Waals surface area contributed by atoms with Crippen molar-refractivity contribution in [3.63, 3.8) is 0 Å². The summed E-state index contributed by atoms with van der Waals surface area (Å²) in [7, 11) is 1.71. The van der Waals surface area contributed by atoms with Gasteiger partial charge in [0.05, 0.1) is 6.04 Å². The Labute approximate surface area is 146 Å². The Kier molecular flexibility index (Phi) is 5.09. The summed E-state index contributed by atoms with van der Waals surface area (Å²) in [4.78, 5) is 30.4. The van der Waals surface area contributed by atoms with Gasteiger partial charge in [0.25, 0.3) is 5.91 Å². The number of nitrogens with one attached hydrogen (secondary N) is 1. The molecule has 1 aliphatic rings. The Morgan fingerprint density at radius 3 is 2.76 bits per heavy atom. The molecule has 0 saturated carbocycles. The van der Waals surface area contributed by atoms with E-state index in [0.29, 0.717) is 6.54 Å². The minimum absolute atomic E-state index is 0.0934. The SMILES string of the molecule is Cc1ccc([C@@H]2[C@H](C(=O)NCc3cccnc3)OCC(=O)N2C)cc1. The van der Waals surface area contributed by atoms with Gasteiger partial charge >= 0.3 is 0 Å². The van der Waals surface area contributed by atoms with Crippen LogP contribution in [0.3, 0.4) is 0 Å². The van der Waals surface area contributed by atoms with Crippen LogP contribution >= 0.6 is 0 Å². The number of likely N-dealkylation sites (N-methyl/N-ethyl adjacent to an activating group) is 1. The molecule has 1 aromatic carbocycles. The Balaban J connectivity index is 1.78. The summed E-state index contributed by atoms with van der Waals surface area (Å²) in [5.74, 6) is -0.379. The molecule has 25 heavy (non-hydrogen) atoms. The predicted molar refractivity (Wildman–Crippen MR) is 92.5 cm³/mol. The van der Waals surface area contributed by atoms with Crippen LogP contribution < -0.4 is 5.32 Å². The lowest BCUT2D eigenvalue weighted by Gasteiger charge is -2.38. The quantitative estimate of drug-likeness (QED) is 0.918. The van der Waals surface area contributed by atoms with Gasteiger partial charge in [0.15, 0.2) is 6.10 Å². The van der Waals surface area contributed by atoms with E-state index in [2.05, 4.69) is 10.3 Å². The molecule has 0 radical (unpaired) electrons. The summed E-state index contributed by atoms with van der Waals surface area (Å²) in [6, 6.07) is 11.1. The molecule has 3 rings (SSSR count). The lowest BCUT2D eigenvalue weighted by Crippen LogP contribution is -2.52. The number of nitrogens with zero attached hydrogens (tertiary/aromatic N) is 2. The summed E-state index contributed by atoms with van der Waals surface area (Å²) < 4.78 is 5.59. The highest BCUT2D eigenvalue weighted by molar-refractivity contribution is 5.86. The van der Waals surface area contributed by atoms with Gasteiger partial charge < -0.3 is 15.0 Å². The Bertz CT molecular complexity index is 746. The van der Waals surface area contributed by atoms with E-state index in [0.717, 1.165) is 16.7 Å². The molecular formula is C19H21N3O3. The van der Waals surface area contributed by atoms with Crippen LogP contribution in [0.5, 0.6) is 0 Å². The molecule has 1 N–H and O–H groups in total. The fourth-order valence-electron chi connectivity index (χ4n) is 2.89. The average molecular weight is 339 g/mol. The highest BCUT2D eigenvalue weighted by atomic mass is 16.5. The van der Waals surface area contributed by atoms with E-state index < -0.39 is 12.1 Å². The number of morpholine rings is 1. The first-order valence-corrected chi connectivity index (χ1v) is 8.16. The molecule has 0 unspecified atom stereocenters. The van der Waals surface area contributed by atoms with Gasteiger partial charge in [0.1, 0.15) is 6.61 Å². The molecule has 6 heteroatoms. The van der Waals surface area contributed by atoms with Crippen molar-refractivity contribution in [2.75, 3.05) is 13.7 Å². The average Bonchev–Trinajstić information content (AvgIpc) is 2.63. The maximum Gasteiger partial charge on any atom is 0.251 e. The van der Waals surface area contributed by atoms with Gasteiger partial charge in [0, 0.05) is 26.0 Å². The van der Waals surface area contributed by atoms with Crippen LogP contribution in [0.25, 0.3) is 0 Å². The number of hydrogen-bond acceptors (Lipinski definition) is 4. The van der Waals surface area contributed by atoms with E-state index in [9.17, 15) is 9.59 Å². The fourth-order valence-corrected chi connectivity index (χ4v) is 2.89. The van der Waals surface area contributed by atoms with E-state index in [4.69, 9.17) is 4.74 Å². The number of ether oxygens (including phenoxy) is 1. The molecule has 0 aliphatic carbocycles. The van der Waals surface area contributed by atoms with Gasteiger partial charge in [0.2, 0.25) is 5.91 Å². The molecular weight excluding hydrogens is 318 g/mol. The van der Waals surface area contributed by atoms with Crippen LogP contribution in [0.4, 0.5) is 0 Å². The maximum atomic E-state index is 12.7. The number of rotatable bonds is 4. The zero-order chi connectivity index (χ0) is 17.8. The Morgan fingerprint density at radius 1 is 1.32 bits per heavy atom. The topological polar surface area (TPSA) is 71.5 Å². The highest BCUT2D eigenvalue weighted by Crippen LogP contribution is 2.29. The van der Waals surface area contributed by atoms with Crippen LogP contribution in [0.15, 0.2) is 48.8 Å². The maximum absolute atomic E-state index is 12.7. The van der Waals surface area contributed by atoms with Crippen molar-refractivity contribution in [2.24, 2.45) is 0 Å². The first-order chi connectivity index (χ1) is 12.1. The van der Waals surface area contributed by atoms with E-state index in [1.54, 1.807) is 24.3 Å². The second kappa shape index (κ2) is 7.44. The van der Waals surface area contributed by atoms with Crippen molar-refractivity contribution in [2.45, 2.75) is 25.6 Å². The Morgan fingerprint density at radius 2 is 2.08 bits per heavy atom. The van der Waals surface area contributed by atoms with Crippen LogP contribution in [0.2, 0.25) is 0 Å². The van der Waals surface area contributed by atoms with Gasteiger partial charge in [-0.3, -0.25) is 14.6 Å². The second-order valence-corrected chi connectivity index (χ2v) is 6.17. The number of benzene rings is 1. The van der Waals surface area contributed by atoms with Crippen LogP contribution in [-0.4, -0.2) is 41.5 Å². The standard InChI is InChI=1S/C19H21N3O3/c1-13-5-7-15(8-6-13)17-18(25-12-16(23)22(17)2)19(24)21-11-14-4-3-9-20-10-14/h3-10,17-18H,11-12H2,1-2H3,(H,21,24)/t17-,18-/m1/s1. The summed E-state index contributed by atoms with van der Waals surface area (Å²) in [6.45, 7) is 2.27. The summed E-state index contributed by atoms with van der Waals surface area (Å²) >= 11 is 0. The monoisotopic (exact) mass is 339 g/mol. The summed E-state index contributed by atoms with van der Waals surface area (Å²) in [6.07, 6.45) is 2.64. The zero-order valence-corrected chi connectivity index (χ0v) is 14.3. The predicted octanol–water partition coefficient (Wildman–Crippen LogP) is 1.60. The molecule has 2 atom stereocenters. The van der Waals surface area contributed by atoms with E-state index in [1.807, 2.05) is 43.3 Å². The summed E-state index contributed by atoms with van der Waals surface area (Å²) in [5, 5.41) is 2.87. The van der Waals surface area contributed by atoms with Crippen molar-refractivity contribution in [3.8, 4) is 0 Å². The lowest BCUT2D eigenvalue weighted by atomic mass is 9.96. The van der Waals surface area contributed by atoms with Crippen molar-refractivity contribution >= 4 is 11.8 Å². The molecule has 2 heterocycles. The number of carbonyl (C=O) groups is 2. The lowest BCUT2D eigenvalue weighted by molar-refractivity contribution is -0.162. The minimum atomic E-state index is -0.748. The van der Waals surface area contributed by atoms with E-state index in [1.165, 1.54) is 0 Å². The first-order valence-electron chi connectivity index (χ1n) is 8.16. The van der Waals surface area contributed by atoms with Crippen molar-refractivity contribution < 1.29 is 14.3 Å². The van der Waals surface area contributed by atoms with Crippen molar-refractivity contribution in [1.29, 1.82) is 0 Å². The Hall–Kier alpha value is -2.73. The molecule has 2 aromatic rings. The van der Waals surface area contributed by atoms with Crippen LogP contribution in [0.1, 0.15) is 22.7 Å². The third kappa shape index (κ3) is 3.85. The minimum Gasteiger partial charge on any atom is -0.356 e. The van der Waals surface area contributed by atoms with E-state index in [-0.39, 0.29) is 18.4 Å². The van der Waals surface area contributed by atoms with Gasteiger partial charge in [-0.05, 0) is 24.1 Å². The first kappa shape index (κ1) is 17.1. The number of hydrogen-bond donors (Lipinski definition) is 1. The zero-order valence-electron chi connectivity index (χ0n) is 14.3. The van der Waals surface area contributed by atoms with Crippen LogP contribution in [0, 0.1) is 6.92 Å². The smallest absolute Gasteiger partial charge is 0.251 e. The molecule has 6 nitrogen and oxygen atoms in total. The van der Waals surface area contributed by atoms with Gasteiger partial charge in [-0.2, -0.15) is 0 Å². The van der Waals surface area contributed by atoms with Gasteiger partial charge in [-0.1, -0.05) is 35.9 Å². The number of pyridine rings is 1. The molecule has 0 spiro atoms. The normalized spacial score (nSPS) is 20.4. The molecule has 1 aliphatic heterocycles. The number of amides is 2. The number of carbonyl (C=O) groups excluding carboxylic acids is 2. The summed E-state index contributed by atoms with van der Waals surface area (Å²) in [5.41, 5.74) is 2.90.